The SMILES string of the molecule is CC(=O)OC(C)(C)CCC[C@@H](C)[C@H]1CC[C@H]2[C@@H]3CC=C4[C@@H](O)[C@@H](OCC(=O)O)CC[C@]4(C)[C@H]3CC[C@]12C. The topological polar surface area (TPSA) is 93.1 Å². The second-order valence-corrected chi connectivity index (χ2v) is 13.9. The number of ether oxygens (including phenoxy) is 2. The van der Waals surface area contributed by atoms with Gasteiger partial charge >= 0.3 is 11.9 Å². The molecule has 0 unspecified atom stereocenters. The van der Waals surface area contributed by atoms with Crippen molar-refractivity contribution in [2.24, 2.45) is 40.4 Å². The minimum Gasteiger partial charge on any atom is -0.480 e. The first-order chi connectivity index (χ1) is 17.3. The van der Waals surface area contributed by atoms with E-state index in [9.17, 15) is 14.7 Å². The highest BCUT2D eigenvalue weighted by Gasteiger charge is 2.60. The number of aliphatic carboxylic acids is 1. The van der Waals surface area contributed by atoms with Crippen LogP contribution >= 0.6 is 0 Å². The Morgan fingerprint density at radius 3 is 2.54 bits per heavy atom. The Morgan fingerprint density at radius 1 is 1.14 bits per heavy atom. The van der Waals surface area contributed by atoms with Crippen LogP contribution in [0.25, 0.3) is 0 Å². The van der Waals surface area contributed by atoms with Gasteiger partial charge in [-0.1, -0.05) is 33.3 Å². The van der Waals surface area contributed by atoms with Crippen LogP contribution in [0.5, 0.6) is 0 Å². The Hall–Kier alpha value is -1.40. The number of allylic oxidation sites excluding steroid dienone is 1. The van der Waals surface area contributed by atoms with E-state index >= 15 is 0 Å². The Balaban J connectivity index is 1.42. The van der Waals surface area contributed by atoms with Gasteiger partial charge in [0.2, 0.25) is 0 Å². The maximum atomic E-state index is 11.4. The van der Waals surface area contributed by atoms with Crippen LogP contribution in [0.3, 0.4) is 0 Å². The Bertz CT molecular complexity index is 894. The molecule has 3 saturated carbocycles. The number of fused-ring (bicyclic) bond motifs is 5. The van der Waals surface area contributed by atoms with Gasteiger partial charge in [-0.25, -0.2) is 4.79 Å². The summed E-state index contributed by atoms with van der Waals surface area (Å²) in [6.07, 6.45) is 12.1. The van der Waals surface area contributed by atoms with E-state index in [0.29, 0.717) is 23.2 Å². The van der Waals surface area contributed by atoms with E-state index < -0.39 is 23.8 Å². The lowest BCUT2D eigenvalue weighted by molar-refractivity contribution is -0.154. The molecule has 0 heterocycles. The van der Waals surface area contributed by atoms with Gasteiger partial charge in [-0.15, -0.1) is 0 Å². The summed E-state index contributed by atoms with van der Waals surface area (Å²) >= 11 is 0. The predicted molar refractivity (Wildman–Crippen MR) is 143 cm³/mol. The number of carbonyl (C=O) groups excluding carboxylic acids is 1. The highest BCUT2D eigenvalue weighted by molar-refractivity contribution is 5.68. The fourth-order valence-corrected chi connectivity index (χ4v) is 9.53. The highest BCUT2D eigenvalue weighted by Crippen LogP contribution is 2.67. The molecule has 2 N–H and O–H groups in total. The van der Waals surface area contributed by atoms with Crippen molar-refractivity contribution in [3.8, 4) is 0 Å². The summed E-state index contributed by atoms with van der Waals surface area (Å²) in [6.45, 7) is 12.5. The molecular formula is C31H50O6. The van der Waals surface area contributed by atoms with Gasteiger partial charge in [0, 0.05) is 6.92 Å². The molecule has 0 aromatic carbocycles. The number of esters is 1. The van der Waals surface area contributed by atoms with Gasteiger partial charge in [0.05, 0.1) is 6.10 Å². The van der Waals surface area contributed by atoms with Gasteiger partial charge in [-0.05, 0) is 118 Å². The monoisotopic (exact) mass is 518 g/mol. The smallest absolute Gasteiger partial charge is 0.329 e. The lowest BCUT2D eigenvalue weighted by atomic mass is 9.46. The molecular weight excluding hydrogens is 468 g/mol. The normalized spacial score (nSPS) is 40.1. The van der Waals surface area contributed by atoms with Crippen LogP contribution in [-0.4, -0.2) is 46.6 Å². The maximum Gasteiger partial charge on any atom is 0.329 e. The number of rotatable bonds is 9. The Labute approximate surface area is 223 Å². The summed E-state index contributed by atoms with van der Waals surface area (Å²) in [6, 6.07) is 0. The maximum absolute atomic E-state index is 11.4. The van der Waals surface area contributed by atoms with Crippen LogP contribution in [0.1, 0.15) is 106 Å². The van der Waals surface area contributed by atoms with E-state index in [1.165, 1.54) is 39.0 Å². The molecule has 6 nitrogen and oxygen atoms in total. The van der Waals surface area contributed by atoms with Crippen LogP contribution in [0, 0.1) is 40.4 Å². The zero-order valence-corrected chi connectivity index (χ0v) is 23.9. The summed E-state index contributed by atoms with van der Waals surface area (Å²) in [4.78, 5) is 22.4. The van der Waals surface area contributed by atoms with E-state index in [0.717, 1.165) is 49.5 Å². The number of carbonyl (C=O) groups is 2. The number of carboxylic acid groups (broad SMARTS) is 1. The Kier molecular flexibility index (Phi) is 8.22. The highest BCUT2D eigenvalue weighted by atomic mass is 16.6. The third kappa shape index (κ3) is 5.52. The van der Waals surface area contributed by atoms with Crippen molar-refractivity contribution >= 4 is 11.9 Å². The molecule has 0 amide bonds. The van der Waals surface area contributed by atoms with E-state index in [2.05, 4.69) is 26.8 Å². The fraction of sp³-hybridized carbons (Fsp3) is 0.871. The van der Waals surface area contributed by atoms with Crippen LogP contribution < -0.4 is 0 Å². The largest absolute Gasteiger partial charge is 0.480 e. The molecule has 4 aliphatic carbocycles. The average molecular weight is 519 g/mol. The lowest BCUT2D eigenvalue weighted by Gasteiger charge is -2.59. The summed E-state index contributed by atoms with van der Waals surface area (Å²) in [7, 11) is 0. The average Bonchev–Trinajstić information content (AvgIpc) is 3.14. The molecule has 3 fully saturated rings. The molecule has 0 radical (unpaired) electrons. The van der Waals surface area contributed by atoms with Crippen molar-refractivity contribution in [3.63, 3.8) is 0 Å². The van der Waals surface area contributed by atoms with E-state index in [1.54, 1.807) is 0 Å². The molecule has 6 heteroatoms. The van der Waals surface area contributed by atoms with Crippen molar-refractivity contribution in [3.05, 3.63) is 11.6 Å². The standard InChI is InChI=1S/C31H50O6/c1-19(8-7-15-29(3,4)37-20(2)32)22-11-12-23-21-9-10-25-28(35)26(36-18-27(33)34)14-17-31(25,6)24(21)13-16-30(22,23)5/h10,19,21-24,26,28,35H,7-9,11-18H2,1-6H3,(H,33,34)/t19-,21+,22-,23+,24+,26+,28-,30-,31-/m1/s1. The van der Waals surface area contributed by atoms with Crippen LogP contribution in [0.15, 0.2) is 11.6 Å². The molecule has 0 saturated heterocycles. The molecule has 4 aliphatic rings. The van der Waals surface area contributed by atoms with Gasteiger partial charge in [0.1, 0.15) is 18.3 Å². The predicted octanol–water partition coefficient (Wildman–Crippen LogP) is 6.15. The summed E-state index contributed by atoms with van der Waals surface area (Å²) < 4.78 is 11.1. The minimum atomic E-state index is -0.983. The number of carboxylic acids is 1. The fourth-order valence-electron chi connectivity index (χ4n) is 9.53. The molecule has 37 heavy (non-hydrogen) atoms. The van der Waals surface area contributed by atoms with Gasteiger partial charge in [-0.2, -0.15) is 0 Å². The van der Waals surface area contributed by atoms with Crippen molar-refractivity contribution in [2.75, 3.05) is 6.61 Å². The molecule has 9 atom stereocenters. The second kappa shape index (κ2) is 10.6. The first kappa shape index (κ1) is 28.6. The first-order valence-corrected chi connectivity index (χ1v) is 14.7. The van der Waals surface area contributed by atoms with E-state index in [-0.39, 0.29) is 18.0 Å². The first-order valence-electron chi connectivity index (χ1n) is 14.7. The van der Waals surface area contributed by atoms with Gasteiger partial charge in [0.25, 0.3) is 0 Å². The quantitative estimate of drug-likeness (QED) is 0.281. The second-order valence-electron chi connectivity index (χ2n) is 13.9. The van der Waals surface area contributed by atoms with Crippen LogP contribution in [-0.2, 0) is 19.1 Å². The molecule has 0 bridgehead atoms. The molecule has 4 rings (SSSR count). The third-order valence-corrected chi connectivity index (χ3v) is 11.2. The summed E-state index contributed by atoms with van der Waals surface area (Å²) in [5.74, 6) is 2.18. The van der Waals surface area contributed by atoms with Crippen LogP contribution in [0.4, 0.5) is 0 Å². The van der Waals surface area contributed by atoms with Gasteiger partial charge < -0.3 is 19.7 Å². The van der Waals surface area contributed by atoms with E-state index in [4.69, 9.17) is 14.6 Å². The lowest BCUT2D eigenvalue weighted by Crippen LogP contribution is -2.54. The van der Waals surface area contributed by atoms with Crippen molar-refractivity contribution in [2.45, 2.75) is 124 Å². The summed E-state index contributed by atoms with van der Waals surface area (Å²) in [5.41, 5.74) is 1.07. The molecule has 0 aliphatic heterocycles. The zero-order valence-electron chi connectivity index (χ0n) is 23.9. The number of hydrogen-bond acceptors (Lipinski definition) is 5. The number of aliphatic hydroxyl groups is 1. The number of hydrogen-bond donors (Lipinski definition) is 2. The zero-order chi connectivity index (χ0) is 27.2. The number of aliphatic hydroxyl groups excluding tert-OH is 1. The van der Waals surface area contributed by atoms with Crippen molar-refractivity contribution in [1.29, 1.82) is 0 Å². The minimum absolute atomic E-state index is 0.0151. The summed E-state index contributed by atoms with van der Waals surface area (Å²) in [5, 5.41) is 20.2. The molecule has 0 aromatic rings. The van der Waals surface area contributed by atoms with Crippen LogP contribution in [0.2, 0.25) is 0 Å². The van der Waals surface area contributed by atoms with E-state index in [1.807, 2.05) is 13.8 Å². The molecule has 0 spiro atoms. The third-order valence-electron chi connectivity index (χ3n) is 11.2. The Morgan fingerprint density at radius 2 is 1.86 bits per heavy atom. The van der Waals surface area contributed by atoms with Crippen molar-refractivity contribution < 1.29 is 29.3 Å². The van der Waals surface area contributed by atoms with Gasteiger partial charge in [0.15, 0.2) is 0 Å². The molecule has 0 aromatic heterocycles. The molecule has 210 valence electrons. The van der Waals surface area contributed by atoms with Crippen molar-refractivity contribution in [1.82, 2.24) is 0 Å². The van der Waals surface area contributed by atoms with Gasteiger partial charge in [-0.3, -0.25) is 4.79 Å².